The first-order chi connectivity index (χ1) is 8.39. The monoisotopic (exact) mass is 331 g/mol. The number of piperidine rings is 1. The molecule has 18 heavy (non-hydrogen) atoms. The molecule has 0 spiro atoms. The maximum absolute atomic E-state index is 12.3. The van der Waals surface area contributed by atoms with Gasteiger partial charge in [0.1, 0.15) is 0 Å². The molecule has 2 rings (SSSR count). The van der Waals surface area contributed by atoms with E-state index >= 15 is 0 Å². The van der Waals surface area contributed by atoms with Crippen LogP contribution in [0.25, 0.3) is 0 Å². The van der Waals surface area contributed by atoms with E-state index in [1.165, 1.54) is 0 Å². The quantitative estimate of drug-likeness (QED) is 0.858. The molecule has 1 heterocycles. The first-order valence-electron chi connectivity index (χ1n) is 5.86. The summed E-state index contributed by atoms with van der Waals surface area (Å²) < 4.78 is 0.833. The number of likely N-dealkylation sites (tertiary alicyclic amines) is 1. The van der Waals surface area contributed by atoms with E-state index in [1.807, 2.05) is 0 Å². The Balaban J connectivity index is 2.15. The van der Waals surface area contributed by atoms with E-state index in [0.717, 1.165) is 4.47 Å². The highest BCUT2D eigenvalue weighted by Crippen LogP contribution is 2.26. The summed E-state index contributed by atoms with van der Waals surface area (Å²) in [6.07, 6.45) is 1.20. The third-order valence-electron chi connectivity index (χ3n) is 3.29. The van der Waals surface area contributed by atoms with Crippen molar-refractivity contribution in [3.8, 4) is 0 Å². The van der Waals surface area contributed by atoms with E-state index in [2.05, 4.69) is 15.9 Å². The van der Waals surface area contributed by atoms with Crippen molar-refractivity contribution < 1.29 is 9.90 Å². The molecule has 0 aliphatic carbocycles. The number of carbonyl (C=O) groups excluding carboxylic acids is 1. The van der Waals surface area contributed by atoms with Gasteiger partial charge in [-0.25, -0.2) is 0 Å². The van der Waals surface area contributed by atoms with Gasteiger partial charge in [-0.05, 0) is 38.0 Å². The Hall–Kier alpha value is -0.580. The number of carbonyl (C=O) groups is 1. The van der Waals surface area contributed by atoms with Gasteiger partial charge in [0.05, 0.1) is 16.2 Å². The van der Waals surface area contributed by atoms with Gasteiger partial charge in [0, 0.05) is 17.6 Å². The van der Waals surface area contributed by atoms with Gasteiger partial charge in [0.15, 0.2) is 0 Å². The van der Waals surface area contributed by atoms with Crippen LogP contribution < -0.4 is 0 Å². The molecular weight excluding hydrogens is 318 g/mol. The maximum Gasteiger partial charge on any atom is 0.255 e. The van der Waals surface area contributed by atoms with E-state index in [-0.39, 0.29) is 5.91 Å². The molecule has 1 aliphatic rings. The molecule has 5 heteroatoms. The van der Waals surface area contributed by atoms with E-state index in [1.54, 1.807) is 30.0 Å². The zero-order chi connectivity index (χ0) is 13.3. The van der Waals surface area contributed by atoms with E-state index in [9.17, 15) is 9.90 Å². The smallest absolute Gasteiger partial charge is 0.255 e. The lowest BCUT2D eigenvalue weighted by atomic mass is 9.93. The molecule has 1 amide bonds. The van der Waals surface area contributed by atoms with Crippen LogP contribution in [0, 0.1) is 0 Å². The molecular formula is C13H15BrClNO2. The Labute approximate surface area is 120 Å². The average Bonchev–Trinajstić information content (AvgIpc) is 2.31. The number of benzene rings is 1. The molecule has 0 saturated carbocycles. The number of hydrogen-bond acceptors (Lipinski definition) is 2. The van der Waals surface area contributed by atoms with Crippen LogP contribution in [0.1, 0.15) is 30.1 Å². The zero-order valence-electron chi connectivity index (χ0n) is 10.1. The lowest BCUT2D eigenvalue weighted by Crippen LogP contribution is -2.45. The molecule has 0 unspecified atom stereocenters. The van der Waals surface area contributed by atoms with Crippen molar-refractivity contribution in [3.63, 3.8) is 0 Å². The molecule has 0 bridgehead atoms. The van der Waals surface area contributed by atoms with Gasteiger partial charge in [-0.15, -0.1) is 0 Å². The summed E-state index contributed by atoms with van der Waals surface area (Å²) in [5.41, 5.74) is -0.148. The molecule has 98 valence electrons. The van der Waals surface area contributed by atoms with Crippen molar-refractivity contribution in [2.75, 3.05) is 13.1 Å². The van der Waals surface area contributed by atoms with E-state index in [4.69, 9.17) is 11.6 Å². The van der Waals surface area contributed by atoms with Gasteiger partial charge in [-0.2, -0.15) is 0 Å². The number of aliphatic hydroxyl groups is 1. The largest absolute Gasteiger partial charge is 0.390 e. The van der Waals surface area contributed by atoms with Crippen LogP contribution in [-0.4, -0.2) is 34.6 Å². The maximum atomic E-state index is 12.3. The summed E-state index contributed by atoms with van der Waals surface area (Å²) in [5, 5.41) is 10.3. The Morgan fingerprint density at radius 1 is 1.44 bits per heavy atom. The van der Waals surface area contributed by atoms with Crippen LogP contribution in [0.5, 0.6) is 0 Å². The fourth-order valence-corrected chi connectivity index (χ4v) is 2.58. The van der Waals surface area contributed by atoms with Gasteiger partial charge in [0.25, 0.3) is 5.91 Å². The predicted molar refractivity (Wildman–Crippen MR) is 74.9 cm³/mol. The molecule has 1 fully saturated rings. The standard InChI is InChI=1S/C13H15BrClNO2/c1-13(18)4-6-16(7-5-13)12(17)10-8-9(14)2-3-11(10)15/h2-3,8,18H,4-7H2,1H3. The fraction of sp³-hybridized carbons (Fsp3) is 0.462. The van der Waals surface area contributed by atoms with Crippen LogP contribution >= 0.6 is 27.5 Å². The number of nitrogens with zero attached hydrogens (tertiary/aromatic N) is 1. The fourth-order valence-electron chi connectivity index (χ4n) is 2.02. The van der Waals surface area contributed by atoms with Gasteiger partial charge >= 0.3 is 0 Å². The predicted octanol–water partition coefficient (Wildman–Crippen LogP) is 3.09. The summed E-state index contributed by atoms with van der Waals surface area (Å²) in [7, 11) is 0. The Morgan fingerprint density at radius 2 is 2.06 bits per heavy atom. The first kappa shape index (κ1) is 13.8. The topological polar surface area (TPSA) is 40.5 Å². The number of rotatable bonds is 1. The third-order valence-corrected chi connectivity index (χ3v) is 4.11. The van der Waals surface area contributed by atoms with Crippen molar-refractivity contribution >= 4 is 33.4 Å². The van der Waals surface area contributed by atoms with Gasteiger partial charge in [0.2, 0.25) is 0 Å². The van der Waals surface area contributed by atoms with E-state index in [0.29, 0.717) is 36.5 Å². The molecule has 0 atom stereocenters. The highest BCUT2D eigenvalue weighted by atomic mass is 79.9. The minimum absolute atomic E-state index is 0.0724. The molecule has 1 aliphatic heterocycles. The summed E-state index contributed by atoms with van der Waals surface area (Å²) in [4.78, 5) is 14.1. The number of hydrogen-bond donors (Lipinski definition) is 1. The SMILES string of the molecule is CC1(O)CCN(C(=O)c2cc(Br)ccc2Cl)CC1. The van der Waals surface area contributed by atoms with Crippen LogP contribution in [0.3, 0.4) is 0 Å². The molecule has 1 aromatic rings. The Bertz CT molecular complexity index is 466. The minimum Gasteiger partial charge on any atom is -0.390 e. The van der Waals surface area contributed by atoms with Crippen molar-refractivity contribution in [3.05, 3.63) is 33.3 Å². The van der Waals surface area contributed by atoms with Crippen molar-refractivity contribution in [1.29, 1.82) is 0 Å². The van der Waals surface area contributed by atoms with Gasteiger partial charge < -0.3 is 10.0 Å². The molecule has 1 aromatic carbocycles. The molecule has 0 aromatic heterocycles. The lowest BCUT2D eigenvalue weighted by Gasteiger charge is -2.35. The molecule has 3 nitrogen and oxygen atoms in total. The Kier molecular flexibility index (Phi) is 3.99. The van der Waals surface area contributed by atoms with E-state index < -0.39 is 5.60 Å². The second-order valence-corrected chi connectivity index (χ2v) is 6.24. The summed E-state index contributed by atoms with van der Waals surface area (Å²) in [6.45, 7) is 2.93. The van der Waals surface area contributed by atoms with Crippen molar-refractivity contribution in [2.45, 2.75) is 25.4 Å². The molecule has 1 N–H and O–H groups in total. The highest BCUT2D eigenvalue weighted by Gasteiger charge is 2.30. The first-order valence-corrected chi connectivity index (χ1v) is 7.03. The number of halogens is 2. The summed E-state index contributed by atoms with van der Waals surface area (Å²) in [5.74, 6) is -0.0724. The average molecular weight is 333 g/mol. The Morgan fingerprint density at radius 3 is 2.67 bits per heavy atom. The van der Waals surface area contributed by atoms with Crippen LogP contribution in [-0.2, 0) is 0 Å². The number of amides is 1. The van der Waals surface area contributed by atoms with Crippen molar-refractivity contribution in [2.24, 2.45) is 0 Å². The third kappa shape index (κ3) is 3.05. The van der Waals surface area contributed by atoms with Gasteiger partial charge in [-0.3, -0.25) is 4.79 Å². The second kappa shape index (κ2) is 5.19. The molecule has 0 radical (unpaired) electrons. The normalized spacial score (nSPS) is 18.8. The second-order valence-electron chi connectivity index (χ2n) is 4.91. The lowest BCUT2D eigenvalue weighted by molar-refractivity contribution is -0.00201. The summed E-state index contributed by atoms with van der Waals surface area (Å²) in [6, 6.07) is 5.25. The summed E-state index contributed by atoms with van der Waals surface area (Å²) >= 11 is 9.39. The van der Waals surface area contributed by atoms with Crippen LogP contribution in [0.15, 0.2) is 22.7 Å². The molecule has 1 saturated heterocycles. The highest BCUT2D eigenvalue weighted by molar-refractivity contribution is 9.10. The minimum atomic E-state index is -0.655. The zero-order valence-corrected chi connectivity index (χ0v) is 12.5. The van der Waals surface area contributed by atoms with Crippen LogP contribution in [0.4, 0.5) is 0 Å². The van der Waals surface area contributed by atoms with Gasteiger partial charge in [-0.1, -0.05) is 27.5 Å². The van der Waals surface area contributed by atoms with Crippen LogP contribution in [0.2, 0.25) is 5.02 Å². The van der Waals surface area contributed by atoms with Crippen molar-refractivity contribution in [1.82, 2.24) is 4.90 Å².